The van der Waals surface area contributed by atoms with Gasteiger partial charge in [0.2, 0.25) is 11.8 Å². The van der Waals surface area contributed by atoms with Gasteiger partial charge in [0.1, 0.15) is 11.5 Å². The zero-order valence-electron chi connectivity index (χ0n) is 22.1. The highest BCUT2D eigenvalue weighted by atomic mass is 16.5. The second kappa shape index (κ2) is 10.7. The Morgan fingerprint density at radius 1 is 0.850 bits per heavy atom. The molecule has 3 atom stereocenters. The zero-order chi connectivity index (χ0) is 28.6. The molecule has 2 fully saturated rings. The summed E-state index contributed by atoms with van der Waals surface area (Å²) in [5.41, 5.74) is 7.54. The summed E-state index contributed by atoms with van der Waals surface area (Å²) in [4.78, 5) is 55.1. The first-order chi connectivity index (χ1) is 19.3. The number of carbonyl (C=O) groups excluding carboxylic acids is 4. The number of anilines is 2. The average molecular weight is 541 g/mol. The normalized spacial score (nSPS) is 22.7. The Balaban J connectivity index is 1.63. The van der Waals surface area contributed by atoms with Gasteiger partial charge in [-0.1, -0.05) is 43.2 Å². The van der Waals surface area contributed by atoms with Crippen LogP contribution >= 0.6 is 0 Å². The van der Waals surface area contributed by atoms with Gasteiger partial charge in [0.25, 0.3) is 0 Å². The molecule has 2 aromatic rings. The molecule has 1 aliphatic carbocycles. The van der Waals surface area contributed by atoms with Gasteiger partial charge in [-0.2, -0.15) is 5.26 Å². The SMILES string of the molecule is COC(=O)C1=C(C(=O)OC)N(c2ccc(N3C(=O)C4CCCCC4C3=O)cc2)C(N)=C(C#N)C1c1ccccc1. The molecule has 2 aromatic carbocycles. The summed E-state index contributed by atoms with van der Waals surface area (Å²) in [6, 6.07) is 17.1. The van der Waals surface area contributed by atoms with Gasteiger partial charge in [-0.15, -0.1) is 0 Å². The number of methoxy groups -OCH3 is 2. The lowest BCUT2D eigenvalue weighted by atomic mass is 9.81. The van der Waals surface area contributed by atoms with Crippen molar-refractivity contribution in [2.75, 3.05) is 24.0 Å². The third kappa shape index (κ3) is 4.20. The number of esters is 2. The molecule has 5 rings (SSSR count). The van der Waals surface area contributed by atoms with Crippen LogP contribution in [0.2, 0.25) is 0 Å². The van der Waals surface area contributed by atoms with Crippen molar-refractivity contribution in [3.8, 4) is 6.07 Å². The number of hydrogen-bond donors (Lipinski definition) is 1. The van der Waals surface area contributed by atoms with Crippen molar-refractivity contribution >= 4 is 35.1 Å². The number of carbonyl (C=O) groups is 4. The molecule has 2 heterocycles. The smallest absolute Gasteiger partial charge is 0.355 e. The van der Waals surface area contributed by atoms with Crippen molar-refractivity contribution in [3.63, 3.8) is 0 Å². The minimum Gasteiger partial charge on any atom is -0.466 e. The summed E-state index contributed by atoms with van der Waals surface area (Å²) in [5.74, 6) is -3.76. The number of ether oxygens (including phenoxy) is 2. The van der Waals surface area contributed by atoms with E-state index in [2.05, 4.69) is 6.07 Å². The van der Waals surface area contributed by atoms with Crippen LogP contribution in [0.3, 0.4) is 0 Å². The van der Waals surface area contributed by atoms with Crippen LogP contribution in [0.4, 0.5) is 11.4 Å². The zero-order valence-corrected chi connectivity index (χ0v) is 22.1. The number of allylic oxidation sites excluding steroid dienone is 1. The quantitative estimate of drug-likeness (QED) is 0.446. The summed E-state index contributed by atoms with van der Waals surface area (Å²) < 4.78 is 10.1. The van der Waals surface area contributed by atoms with E-state index < -0.39 is 17.9 Å². The lowest BCUT2D eigenvalue weighted by Crippen LogP contribution is -2.40. The van der Waals surface area contributed by atoms with E-state index in [-0.39, 0.29) is 46.3 Å². The molecule has 10 heteroatoms. The van der Waals surface area contributed by atoms with Crippen LogP contribution in [0.25, 0.3) is 0 Å². The molecule has 0 spiro atoms. The number of hydrogen-bond acceptors (Lipinski definition) is 9. The third-order valence-electron chi connectivity index (χ3n) is 7.82. The maximum absolute atomic E-state index is 13.2. The fraction of sp³-hybridized carbons (Fsp3) is 0.300. The summed E-state index contributed by atoms with van der Waals surface area (Å²) >= 11 is 0. The van der Waals surface area contributed by atoms with Crippen LogP contribution in [0.1, 0.15) is 37.2 Å². The fourth-order valence-corrected chi connectivity index (χ4v) is 5.95. The van der Waals surface area contributed by atoms with E-state index in [9.17, 15) is 24.4 Å². The fourth-order valence-electron chi connectivity index (χ4n) is 5.95. The Labute approximate surface area is 231 Å². The number of amides is 2. The standard InChI is InChI=1S/C30H28N4O6/c1-39-29(37)24-23(17-8-4-3-5-9-17)22(16-31)26(32)33(25(24)30(38)40-2)18-12-14-19(15-13-18)34-27(35)20-10-6-7-11-21(20)28(34)36/h3-5,8-9,12-15,20-21,23H,6-7,10-11,32H2,1-2H3. The molecule has 2 aliphatic heterocycles. The van der Waals surface area contributed by atoms with Crippen molar-refractivity contribution < 1.29 is 28.7 Å². The van der Waals surface area contributed by atoms with Crippen LogP contribution in [-0.4, -0.2) is 38.0 Å². The minimum atomic E-state index is -0.980. The maximum Gasteiger partial charge on any atom is 0.355 e. The first-order valence-corrected chi connectivity index (χ1v) is 13.0. The van der Waals surface area contributed by atoms with Crippen molar-refractivity contribution in [1.82, 2.24) is 0 Å². The second-order valence-electron chi connectivity index (χ2n) is 9.86. The lowest BCUT2D eigenvalue weighted by Gasteiger charge is -2.36. The Hall–Kier alpha value is -4.91. The van der Waals surface area contributed by atoms with Gasteiger partial charge >= 0.3 is 11.9 Å². The van der Waals surface area contributed by atoms with Gasteiger partial charge in [-0.3, -0.25) is 19.4 Å². The van der Waals surface area contributed by atoms with E-state index in [1.165, 1.54) is 24.0 Å². The Bertz CT molecular complexity index is 1460. The van der Waals surface area contributed by atoms with E-state index in [1.807, 2.05) is 0 Å². The Morgan fingerprint density at radius 3 is 1.88 bits per heavy atom. The predicted molar refractivity (Wildman–Crippen MR) is 144 cm³/mol. The number of rotatable bonds is 5. The van der Waals surface area contributed by atoms with Gasteiger partial charge in [-0.25, -0.2) is 9.59 Å². The highest BCUT2D eigenvalue weighted by Gasteiger charge is 2.49. The molecule has 2 amide bonds. The molecule has 0 bridgehead atoms. The molecule has 3 aliphatic rings. The monoisotopic (exact) mass is 540 g/mol. The van der Waals surface area contributed by atoms with Crippen molar-refractivity contribution in [3.05, 3.63) is 82.8 Å². The van der Waals surface area contributed by atoms with E-state index >= 15 is 0 Å². The van der Waals surface area contributed by atoms with Crippen molar-refractivity contribution in [2.24, 2.45) is 17.6 Å². The van der Waals surface area contributed by atoms with Gasteiger partial charge < -0.3 is 15.2 Å². The Kier molecular flexibility index (Phi) is 7.13. The number of nitrogens with two attached hydrogens (primary N) is 1. The van der Waals surface area contributed by atoms with Gasteiger partial charge in [-0.05, 0) is 42.7 Å². The molecule has 1 saturated carbocycles. The molecule has 204 valence electrons. The van der Waals surface area contributed by atoms with Crippen molar-refractivity contribution in [2.45, 2.75) is 31.6 Å². The Morgan fingerprint density at radius 2 is 1.38 bits per heavy atom. The molecule has 10 nitrogen and oxygen atoms in total. The first-order valence-electron chi connectivity index (χ1n) is 13.0. The van der Waals surface area contributed by atoms with E-state index in [1.54, 1.807) is 54.6 Å². The summed E-state index contributed by atoms with van der Waals surface area (Å²) in [5, 5.41) is 10.2. The third-order valence-corrected chi connectivity index (χ3v) is 7.82. The topological polar surface area (TPSA) is 143 Å². The minimum absolute atomic E-state index is 0.0392. The van der Waals surface area contributed by atoms with Gasteiger partial charge in [0.05, 0.1) is 54.9 Å². The molecule has 2 N–H and O–H groups in total. The molecule has 3 unspecified atom stereocenters. The second-order valence-corrected chi connectivity index (χ2v) is 9.86. The van der Waals surface area contributed by atoms with Crippen molar-refractivity contribution in [1.29, 1.82) is 5.26 Å². The van der Waals surface area contributed by atoms with E-state index in [0.717, 1.165) is 12.8 Å². The van der Waals surface area contributed by atoms with Crippen LogP contribution in [-0.2, 0) is 28.7 Å². The largest absolute Gasteiger partial charge is 0.466 e. The van der Waals surface area contributed by atoms with Crippen LogP contribution in [0.15, 0.2) is 77.3 Å². The molecule has 1 saturated heterocycles. The number of fused-ring (bicyclic) bond motifs is 1. The predicted octanol–water partition coefficient (Wildman–Crippen LogP) is 3.26. The van der Waals surface area contributed by atoms with Gasteiger partial charge in [0.15, 0.2) is 0 Å². The van der Waals surface area contributed by atoms with E-state index in [4.69, 9.17) is 15.2 Å². The van der Waals surface area contributed by atoms with E-state index in [0.29, 0.717) is 29.8 Å². The lowest BCUT2D eigenvalue weighted by molar-refractivity contribution is -0.139. The highest BCUT2D eigenvalue weighted by Crippen LogP contribution is 2.44. The summed E-state index contributed by atoms with van der Waals surface area (Å²) in [6.45, 7) is 0. The molecular formula is C30H28N4O6. The first kappa shape index (κ1) is 26.7. The molecule has 0 radical (unpaired) electrons. The van der Waals surface area contributed by atoms with Crippen LogP contribution < -0.4 is 15.5 Å². The maximum atomic E-state index is 13.2. The van der Waals surface area contributed by atoms with Gasteiger partial charge in [0, 0.05) is 5.69 Å². The number of nitriles is 1. The van der Waals surface area contributed by atoms with Crippen LogP contribution in [0, 0.1) is 23.2 Å². The average Bonchev–Trinajstić information content (AvgIpc) is 3.25. The molecular weight excluding hydrogens is 512 g/mol. The van der Waals surface area contributed by atoms with Crippen LogP contribution in [0.5, 0.6) is 0 Å². The number of imide groups is 1. The molecule has 0 aromatic heterocycles. The number of nitrogens with zero attached hydrogens (tertiary/aromatic N) is 3. The number of benzene rings is 2. The summed E-state index contributed by atoms with van der Waals surface area (Å²) in [7, 11) is 2.35. The summed E-state index contributed by atoms with van der Waals surface area (Å²) in [6.07, 6.45) is 3.23. The molecule has 40 heavy (non-hydrogen) atoms. The highest BCUT2D eigenvalue weighted by molar-refractivity contribution is 6.22.